The lowest BCUT2D eigenvalue weighted by molar-refractivity contribution is -0.134. The zero-order chi connectivity index (χ0) is 25.8. The van der Waals surface area contributed by atoms with Gasteiger partial charge in [-0.2, -0.15) is 4.39 Å². The van der Waals surface area contributed by atoms with E-state index in [2.05, 4.69) is 18.8 Å². The number of carbonyl (C=O) groups is 1. The first-order chi connectivity index (χ1) is 17.5. The molecule has 36 heavy (non-hydrogen) atoms. The number of carbonyl (C=O) groups excluding carboxylic acids is 1. The third-order valence-electron chi connectivity index (χ3n) is 6.51. The predicted octanol–water partition coefficient (Wildman–Crippen LogP) is 9.29. The van der Waals surface area contributed by atoms with Gasteiger partial charge >= 0.3 is 5.97 Å². The van der Waals surface area contributed by atoms with E-state index in [1.165, 1.54) is 74.8 Å². The molecular weight excluding hydrogens is 478 g/mol. The van der Waals surface area contributed by atoms with E-state index >= 15 is 0 Å². The number of halogens is 2. The molecule has 0 N–H and O–H groups in total. The Morgan fingerprint density at radius 3 is 2.17 bits per heavy atom. The highest BCUT2D eigenvalue weighted by molar-refractivity contribution is 7.17. The molecule has 2 heterocycles. The predicted molar refractivity (Wildman–Crippen MR) is 144 cm³/mol. The third kappa shape index (κ3) is 8.39. The summed E-state index contributed by atoms with van der Waals surface area (Å²) in [6.45, 7) is 4.40. The average Bonchev–Trinajstić information content (AvgIpc) is 3.42. The Balaban J connectivity index is 1.50. The van der Waals surface area contributed by atoms with Gasteiger partial charge in [-0.3, -0.25) is 9.20 Å². The van der Waals surface area contributed by atoms with Crippen LogP contribution in [-0.2, 0) is 11.2 Å². The number of imidazole rings is 1. The minimum atomic E-state index is -1.15. The highest BCUT2D eigenvalue weighted by Gasteiger charge is 2.20. The van der Waals surface area contributed by atoms with E-state index in [0.717, 1.165) is 30.6 Å². The number of fused-ring (bicyclic) bond motifs is 1. The molecule has 0 unspecified atom stereocenters. The summed E-state index contributed by atoms with van der Waals surface area (Å²) in [4.78, 5) is 18.6. The van der Waals surface area contributed by atoms with Gasteiger partial charge in [0.25, 0.3) is 0 Å². The molecule has 0 bridgehead atoms. The van der Waals surface area contributed by atoms with Crippen LogP contribution in [0, 0.1) is 11.6 Å². The van der Waals surface area contributed by atoms with E-state index in [1.54, 1.807) is 17.5 Å². The first kappa shape index (κ1) is 28.3. The molecular formula is C29H40F2N2O2S. The molecule has 1 aromatic carbocycles. The van der Waals surface area contributed by atoms with Gasteiger partial charge < -0.3 is 4.74 Å². The Hall–Kier alpha value is -2.28. The highest BCUT2D eigenvalue weighted by Crippen LogP contribution is 2.31. The number of rotatable bonds is 17. The van der Waals surface area contributed by atoms with E-state index in [4.69, 9.17) is 4.74 Å². The smallest absolute Gasteiger partial charge is 0.311 e. The topological polar surface area (TPSA) is 43.6 Å². The monoisotopic (exact) mass is 518 g/mol. The maximum Gasteiger partial charge on any atom is 0.311 e. The maximum atomic E-state index is 14.8. The van der Waals surface area contributed by atoms with Gasteiger partial charge in [0.15, 0.2) is 16.5 Å². The summed E-state index contributed by atoms with van der Waals surface area (Å²) in [6, 6.07) is 2.74. The lowest BCUT2D eigenvalue weighted by Gasteiger charge is -2.08. The van der Waals surface area contributed by atoms with E-state index in [1.807, 2.05) is 10.6 Å². The maximum absolute atomic E-state index is 14.8. The summed E-state index contributed by atoms with van der Waals surface area (Å²) in [5.41, 5.74) is 0.427. The van der Waals surface area contributed by atoms with Crippen molar-refractivity contribution in [3.05, 3.63) is 41.0 Å². The number of hydrogen-bond donors (Lipinski definition) is 0. The van der Waals surface area contributed by atoms with Gasteiger partial charge in [-0.25, -0.2) is 9.37 Å². The van der Waals surface area contributed by atoms with Gasteiger partial charge in [0, 0.05) is 29.3 Å². The van der Waals surface area contributed by atoms with Crippen LogP contribution in [0.2, 0.25) is 0 Å². The van der Waals surface area contributed by atoms with Crippen molar-refractivity contribution in [1.82, 2.24) is 9.38 Å². The first-order valence-corrected chi connectivity index (χ1v) is 14.5. The molecule has 0 fully saturated rings. The van der Waals surface area contributed by atoms with Gasteiger partial charge in [-0.05, 0) is 31.4 Å². The van der Waals surface area contributed by atoms with E-state index in [9.17, 15) is 13.6 Å². The molecule has 0 aliphatic carbocycles. The van der Waals surface area contributed by atoms with Crippen LogP contribution in [-0.4, -0.2) is 15.4 Å². The average molecular weight is 519 g/mol. The van der Waals surface area contributed by atoms with Gasteiger partial charge in [-0.15, -0.1) is 11.3 Å². The standard InChI is InChI=1S/C29H40F2N2O2S/c1-3-5-7-9-10-11-13-15-17-26(34)35-25-19-18-23(27(30)28(25)31)24-21-33-20-22(36-29(33)32-24)16-14-12-8-6-4-2/h18-21H,3-17H2,1-2H3. The summed E-state index contributed by atoms with van der Waals surface area (Å²) >= 11 is 1.58. The second kappa shape index (κ2) is 15.1. The molecule has 3 rings (SSSR count). The second-order valence-corrected chi connectivity index (χ2v) is 10.7. The molecule has 2 aromatic heterocycles. The molecule has 0 radical (unpaired) electrons. The van der Waals surface area contributed by atoms with Crippen molar-refractivity contribution < 1.29 is 18.3 Å². The van der Waals surface area contributed by atoms with Gasteiger partial charge in [0.2, 0.25) is 5.82 Å². The van der Waals surface area contributed by atoms with Crippen molar-refractivity contribution in [3.8, 4) is 17.0 Å². The van der Waals surface area contributed by atoms with Crippen molar-refractivity contribution in [2.75, 3.05) is 0 Å². The Morgan fingerprint density at radius 1 is 0.861 bits per heavy atom. The van der Waals surface area contributed by atoms with Crippen molar-refractivity contribution in [1.29, 1.82) is 0 Å². The highest BCUT2D eigenvalue weighted by atomic mass is 32.1. The lowest BCUT2D eigenvalue weighted by Crippen LogP contribution is -2.09. The second-order valence-electron chi connectivity index (χ2n) is 9.62. The Bertz CT molecular complexity index is 1060. The zero-order valence-corrected chi connectivity index (χ0v) is 22.6. The van der Waals surface area contributed by atoms with Crippen molar-refractivity contribution in [2.45, 2.75) is 110 Å². The fourth-order valence-electron chi connectivity index (χ4n) is 4.38. The van der Waals surface area contributed by atoms with E-state index in [0.29, 0.717) is 12.1 Å². The Labute approximate surface area is 218 Å². The third-order valence-corrected chi connectivity index (χ3v) is 7.57. The molecule has 0 spiro atoms. The summed E-state index contributed by atoms with van der Waals surface area (Å²) in [5.74, 6) is -3.10. The largest absolute Gasteiger partial charge is 0.423 e. The molecule has 0 saturated carbocycles. The fourth-order valence-corrected chi connectivity index (χ4v) is 5.38. The van der Waals surface area contributed by atoms with Gasteiger partial charge in [0.05, 0.1) is 5.69 Å². The number of aromatic nitrogens is 2. The molecule has 0 aliphatic rings. The number of unbranched alkanes of at least 4 members (excludes halogenated alkanes) is 11. The van der Waals surface area contributed by atoms with E-state index in [-0.39, 0.29) is 17.7 Å². The number of benzene rings is 1. The quantitative estimate of drug-likeness (QED) is 0.102. The molecule has 4 nitrogen and oxygen atoms in total. The Kier molecular flexibility index (Phi) is 11.9. The fraction of sp³-hybridized carbons (Fsp3) is 0.586. The molecule has 0 atom stereocenters. The number of aryl methyl sites for hydroxylation is 1. The number of nitrogens with zero attached hydrogens (tertiary/aromatic N) is 2. The van der Waals surface area contributed by atoms with Crippen LogP contribution < -0.4 is 4.74 Å². The summed E-state index contributed by atoms with van der Waals surface area (Å²) < 4.78 is 36.5. The van der Waals surface area contributed by atoms with E-state index < -0.39 is 17.6 Å². The van der Waals surface area contributed by atoms with Crippen molar-refractivity contribution >= 4 is 22.3 Å². The van der Waals surface area contributed by atoms with Crippen LogP contribution in [0.4, 0.5) is 8.78 Å². The van der Waals surface area contributed by atoms with Crippen LogP contribution in [0.25, 0.3) is 16.2 Å². The number of hydrogen-bond acceptors (Lipinski definition) is 4. The summed E-state index contributed by atoms with van der Waals surface area (Å²) in [7, 11) is 0. The van der Waals surface area contributed by atoms with Crippen LogP contribution in [0.5, 0.6) is 5.75 Å². The first-order valence-electron chi connectivity index (χ1n) is 13.7. The van der Waals surface area contributed by atoms with Crippen LogP contribution >= 0.6 is 11.3 Å². The van der Waals surface area contributed by atoms with Crippen LogP contribution in [0.1, 0.15) is 109 Å². The molecule has 7 heteroatoms. The summed E-state index contributed by atoms with van der Waals surface area (Å²) in [5, 5.41) is 0. The minimum absolute atomic E-state index is 0.0624. The molecule has 0 aliphatic heterocycles. The minimum Gasteiger partial charge on any atom is -0.423 e. The van der Waals surface area contributed by atoms with Crippen LogP contribution in [0.3, 0.4) is 0 Å². The number of ether oxygens (including phenoxy) is 1. The molecule has 3 aromatic rings. The van der Waals surface area contributed by atoms with Crippen molar-refractivity contribution in [3.63, 3.8) is 0 Å². The van der Waals surface area contributed by atoms with Crippen molar-refractivity contribution in [2.24, 2.45) is 0 Å². The van der Waals surface area contributed by atoms with Gasteiger partial charge in [-0.1, -0.05) is 84.5 Å². The summed E-state index contributed by atoms with van der Waals surface area (Å²) in [6.07, 6.45) is 20.0. The Morgan fingerprint density at radius 2 is 1.50 bits per heavy atom. The number of thiazole rings is 1. The van der Waals surface area contributed by atoms with Crippen LogP contribution in [0.15, 0.2) is 24.5 Å². The molecule has 0 saturated heterocycles. The number of esters is 1. The zero-order valence-electron chi connectivity index (χ0n) is 21.8. The normalized spacial score (nSPS) is 11.4. The SMILES string of the molecule is CCCCCCCCCCC(=O)Oc1ccc(-c2cn3cc(CCCCCCC)sc3n2)c(F)c1F. The van der Waals surface area contributed by atoms with Gasteiger partial charge in [0.1, 0.15) is 0 Å². The molecule has 0 amide bonds. The molecule has 198 valence electrons. The lowest BCUT2D eigenvalue weighted by atomic mass is 10.1.